The summed E-state index contributed by atoms with van der Waals surface area (Å²) in [5.41, 5.74) is 3.53. The van der Waals surface area contributed by atoms with Crippen molar-refractivity contribution in [3.05, 3.63) is 96.1 Å². The van der Waals surface area contributed by atoms with Crippen LogP contribution in [0.1, 0.15) is 11.1 Å². The molecule has 0 fully saturated rings. The maximum atomic E-state index is 10.1. The van der Waals surface area contributed by atoms with Crippen LogP contribution in [0.3, 0.4) is 0 Å². The van der Waals surface area contributed by atoms with Gasteiger partial charge in [-0.3, -0.25) is 4.79 Å². The molecular weight excluding hydrogens is 308 g/mol. The molecule has 0 unspecified atom stereocenters. The van der Waals surface area contributed by atoms with E-state index in [1.165, 1.54) is 5.56 Å². The Morgan fingerprint density at radius 2 is 1.56 bits per heavy atom. The number of rotatable bonds is 9. The average molecular weight is 331 g/mol. The third-order valence-electron chi connectivity index (χ3n) is 3.40. The van der Waals surface area contributed by atoms with Crippen molar-refractivity contribution < 1.29 is 9.79 Å². The van der Waals surface area contributed by atoms with Gasteiger partial charge in [0.1, 0.15) is 0 Å². The van der Waals surface area contributed by atoms with Crippen LogP contribution >= 0.6 is 0 Å². The lowest BCUT2D eigenvalue weighted by Gasteiger charge is -2.06. The van der Waals surface area contributed by atoms with Gasteiger partial charge in [-0.15, -0.1) is 0 Å². The minimum Gasteiger partial charge on any atom is -0.381 e. The van der Waals surface area contributed by atoms with Gasteiger partial charge in [0.05, 0.1) is 0 Å². The number of hydrogen-bond donors (Lipinski definition) is 2. The molecular formula is C22H23N2O+. The average Bonchev–Trinajstić information content (AvgIpc) is 2.67. The third-order valence-corrected chi connectivity index (χ3v) is 3.40. The first-order valence-corrected chi connectivity index (χ1v) is 8.26. The summed E-state index contributed by atoms with van der Waals surface area (Å²) in [6, 6.07) is 18.7. The van der Waals surface area contributed by atoms with E-state index in [-0.39, 0.29) is 0 Å². The number of benzene rings is 2. The summed E-state index contributed by atoms with van der Waals surface area (Å²) in [6.07, 6.45) is 14.3. The summed E-state index contributed by atoms with van der Waals surface area (Å²) in [5, 5.41) is 3.41. The predicted octanol–water partition coefficient (Wildman–Crippen LogP) is 2.77. The Labute approximate surface area is 149 Å². The van der Waals surface area contributed by atoms with E-state index in [9.17, 15) is 4.79 Å². The van der Waals surface area contributed by atoms with Crippen LogP contribution in [0.5, 0.6) is 0 Å². The zero-order valence-corrected chi connectivity index (χ0v) is 14.1. The molecule has 0 bridgehead atoms. The number of aldehydes is 1. The molecule has 0 aliphatic carbocycles. The molecule has 0 aliphatic heterocycles. The summed E-state index contributed by atoms with van der Waals surface area (Å²) < 4.78 is 0. The molecule has 2 aromatic rings. The van der Waals surface area contributed by atoms with Crippen molar-refractivity contribution in [2.75, 3.05) is 11.9 Å². The molecule has 0 radical (unpaired) electrons. The number of anilines is 1. The highest BCUT2D eigenvalue weighted by Crippen LogP contribution is 2.12. The smallest absolute Gasteiger partial charge is 0.196 e. The van der Waals surface area contributed by atoms with Crippen LogP contribution in [0, 0.1) is 0 Å². The van der Waals surface area contributed by atoms with E-state index in [2.05, 4.69) is 52.8 Å². The Kier molecular flexibility index (Phi) is 8.24. The van der Waals surface area contributed by atoms with Crippen LogP contribution in [0.2, 0.25) is 0 Å². The van der Waals surface area contributed by atoms with Gasteiger partial charge in [-0.25, -0.2) is 4.99 Å². The van der Waals surface area contributed by atoms with E-state index in [4.69, 9.17) is 0 Å². The molecule has 0 spiro atoms. The van der Waals surface area contributed by atoms with Crippen LogP contribution in [0.25, 0.3) is 6.08 Å². The van der Waals surface area contributed by atoms with Gasteiger partial charge < -0.3 is 5.32 Å². The van der Waals surface area contributed by atoms with Crippen molar-refractivity contribution in [3.63, 3.8) is 0 Å². The summed E-state index contributed by atoms with van der Waals surface area (Å²) in [5.74, 6) is 0. The SMILES string of the molecule is O=CC[NH+]=C\C=C/C=C/C=C/c1ccc(NCc2ccccc2)cc1. The zero-order valence-electron chi connectivity index (χ0n) is 14.1. The summed E-state index contributed by atoms with van der Waals surface area (Å²) in [7, 11) is 0. The second-order valence-corrected chi connectivity index (χ2v) is 5.33. The molecule has 3 heteroatoms. The van der Waals surface area contributed by atoms with Gasteiger partial charge in [-0.2, -0.15) is 0 Å². The van der Waals surface area contributed by atoms with Crippen LogP contribution < -0.4 is 10.3 Å². The molecule has 0 saturated carbocycles. The van der Waals surface area contributed by atoms with Gasteiger partial charge in [-0.1, -0.05) is 72.8 Å². The third kappa shape index (κ3) is 7.75. The monoisotopic (exact) mass is 331 g/mol. The fourth-order valence-electron chi connectivity index (χ4n) is 2.11. The van der Waals surface area contributed by atoms with Gasteiger partial charge in [0.15, 0.2) is 19.0 Å². The van der Waals surface area contributed by atoms with Gasteiger partial charge in [0, 0.05) is 18.3 Å². The number of carbonyl (C=O) groups excluding carboxylic acids is 1. The van der Waals surface area contributed by atoms with Crippen LogP contribution in [0.4, 0.5) is 5.69 Å². The summed E-state index contributed by atoms with van der Waals surface area (Å²) in [6.45, 7) is 1.16. The lowest BCUT2D eigenvalue weighted by atomic mass is 10.1. The maximum Gasteiger partial charge on any atom is 0.196 e. The minimum atomic E-state index is 0.337. The van der Waals surface area contributed by atoms with Crippen molar-refractivity contribution in [3.8, 4) is 0 Å². The van der Waals surface area contributed by atoms with E-state index in [0.717, 1.165) is 24.1 Å². The second-order valence-electron chi connectivity index (χ2n) is 5.33. The summed E-state index contributed by atoms with van der Waals surface area (Å²) >= 11 is 0. The predicted molar refractivity (Wildman–Crippen MR) is 105 cm³/mol. The maximum absolute atomic E-state index is 10.1. The van der Waals surface area contributed by atoms with E-state index in [1.807, 2.05) is 48.6 Å². The number of hydrogen-bond acceptors (Lipinski definition) is 2. The Morgan fingerprint density at radius 3 is 2.32 bits per heavy atom. The van der Waals surface area contributed by atoms with Crippen LogP contribution in [0.15, 0.2) is 85.0 Å². The normalized spacial score (nSPS) is 11.8. The lowest BCUT2D eigenvalue weighted by Crippen LogP contribution is -2.69. The number of allylic oxidation sites excluding steroid dienone is 5. The van der Waals surface area contributed by atoms with Crippen LogP contribution in [-0.2, 0) is 11.3 Å². The van der Waals surface area contributed by atoms with Crippen molar-refractivity contribution in [2.45, 2.75) is 6.54 Å². The molecule has 0 atom stereocenters. The first kappa shape index (κ1) is 18.1. The highest BCUT2D eigenvalue weighted by atomic mass is 16.1. The molecule has 3 nitrogen and oxygen atoms in total. The molecule has 2 rings (SSSR count). The van der Waals surface area contributed by atoms with Crippen LogP contribution in [-0.4, -0.2) is 19.0 Å². The molecule has 0 heterocycles. The first-order chi connectivity index (χ1) is 12.4. The second kappa shape index (κ2) is 11.4. The highest BCUT2D eigenvalue weighted by Gasteiger charge is 1.93. The molecule has 0 amide bonds. The molecule has 0 aromatic heterocycles. The molecule has 25 heavy (non-hydrogen) atoms. The quantitative estimate of drug-likeness (QED) is 0.421. The Morgan fingerprint density at radius 1 is 0.840 bits per heavy atom. The van der Waals surface area contributed by atoms with Crippen molar-refractivity contribution in [1.29, 1.82) is 0 Å². The van der Waals surface area contributed by atoms with E-state index >= 15 is 0 Å². The minimum absolute atomic E-state index is 0.337. The zero-order chi connectivity index (χ0) is 17.6. The van der Waals surface area contributed by atoms with Crippen molar-refractivity contribution in [1.82, 2.24) is 0 Å². The van der Waals surface area contributed by atoms with Gasteiger partial charge in [0.2, 0.25) is 0 Å². The Bertz CT molecular complexity index is 741. The van der Waals surface area contributed by atoms with Crippen molar-refractivity contribution >= 4 is 24.3 Å². The molecule has 126 valence electrons. The molecule has 0 aliphatic rings. The summed E-state index contributed by atoms with van der Waals surface area (Å²) in [4.78, 5) is 12.9. The number of carbonyl (C=O) groups is 1. The topological polar surface area (TPSA) is 43.1 Å². The molecule has 2 N–H and O–H groups in total. The molecule has 2 aromatic carbocycles. The molecule has 0 saturated heterocycles. The fourth-order valence-corrected chi connectivity index (χ4v) is 2.11. The van der Waals surface area contributed by atoms with E-state index in [0.29, 0.717) is 6.54 Å². The fraction of sp³-hybridized carbons (Fsp3) is 0.0909. The highest BCUT2D eigenvalue weighted by molar-refractivity contribution is 5.66. The van der Waals surface area contributed by atoms with E-state index in [1.54, 1.807) is 6.21 Å². The number of nitrogens with one attached hydrogen (secondary N) is 2. The Hall–Kier alpha value is -3.20. The van der Waals surface area contributed by atoms with E-state index < -0.39 is 0 Å². The van der Waals surface area contributed by atoms with Crippen molar-refractivity contribution in [2.24, 2.45) is 0 Å². The standard InChI is InChI=1S/C22H22N2O/c25-18-17-23-16-8-3-1-2-5-9-20-12-14-22(15-13-20)24-19-21-10-6-4-7-11-21/h1-16,18,24H,17,19H2/p+1/b2-1+,8-3-,9-5+,23-16?. The largest absolute Gasteiger partial charge is 0.381 e. The Balaban J connectivity index is 1.76. The van der Waals surface area contributed by atoms with Gasteiger partial charge >= 0.3 is 0 Å². The first-order valence-electron chi connectivity index (χ1n) is 8.26. The van der Waals surface area contributed by atoms with Gasteiger partial charge in [0.25, 0.3) is 0 Å². The lowest BCUT2D eigenvalue weighted by molar-refractivity contribution is -0.435. The van der Waals surface area contributed by atoms with Gasteiger partial charge in [-0.05, 0) is 23.3 Å².